The summed E-state index contributed by atoms with van der Waals surface area (Å²) in [5.74, 6) is 1.89. The molecule has 0 bridgehead atoms. The third-order valence-electron chi connectivity index (χ3n) is 2.28. The number of benzene rings is 1. The molecule has 0 saturated carbocycles. The highest BCUT2D eigenvalue weighted by atomic mass is 79.9. The Morgan fingerprint density at radius 3 is 3.00 bits per heavy atom. The third-order valence-corrected chi connectivity index (χ3v) is 3.26. The summed E-state index contributed by atoms with van der Waals surface area (Å²) in [5, 5.41) is 0. The van der Waals surface area contributed by atoms with Crippen LogP contribution < -0.4 is 9.47 Å². The van der Waals surface area contributed by atoms with E-state index in [-0.39, 0.29) is 0 Å². The van der Waals surface area contributed by atoms with Crippen molar-refractivity contribution in [2.24, 2.45) is 0 Å². The monoisotopic (exact) mass is 242 g/mol. The van der Waals surface area contributed by atoms with Gasteiger partial charge in [-0.2, -0.15) is 0 Å². The molecule has 1 heterocycles. The topological polar surface area (TPSA) is 18.5 Å². The Morgan fingerprint density at radius 2 is 2.31 bits per heavy atom. The van der Waals surface area contributed by atoms with E-state index in [9.17, 15) is 0 Å². The molecule has 70 valence electrons. The number of aryl methyl sites for hydroxylation is 1. The molecule has 0 unspecified atom stereocenters. The van der Waals surface area contributed by atoms with Crippen LogP contribution in [0.15, 0.2) is 10.5 Å². The zero-order valence-corrected chi connectivity index (χ0v) is 9.27. The highest BCUT2D eigenvalue weighted by Gasteiger charge is 2.20. The van der Waals surface area contributed by atoms with Crippen LogP contribution in [0.2, 0.25) is 0 Å². The second kappa shape index (κ2) is 3.22. The van der Waals surface area contributed by atoms with E-state index in [2.05, 4.69) is 22.0 Å². The molecule has 0 fully saturated rings. The summed E-state index contributed by atoms with van der Waals surface area (Å²) in [7, 11) is 1.69. The Labute approximate surface area is 86.0 Å². The molecular formula is C10H11BrO2. The molecule has 0 saturated heterocycles. The fourth-order valence-corrected chi connectivity index (χ4v) is 2.13. The first-order chi connectivity index (χ1) is 6.24. The van der Waals surface area contributed by atoms with Gasteiger partial charge in [-0.3, -0.25) is 0 Å². The first-order valence-electron chi connectivity index (χ1n) is 4.23. The lowest BCUT2D eigenvalue weighted by Gasteiger charge is -2.10. The van der Waals surface area contributed by atoms with Crippen molar-refractivity contribution in [1.82, 2.24) is 0 Å². The quantitative estimate of drug-likeness (QED) is 0.754. The van der Waals surface area contributed by atoms with Crippen LogP contribution in [0.1, 0.15) is 11.1 Å². The molecule has 1 aliphatic rings. The van der Waals surface area contributed by atoms with E-state index in [0.717, 1.165) is 34.6 Å². The molecule has 0 amide bonds. The maximum Gasteiger partial charge on any atom is 0.140 e. The van der Waals surface area contributed by atoms with Gasteiger partial charge in [-0.15, -0.1) is 0 Å². The van der Waals surface area contributed by atoms with Crippen molar-refractivity contribution >= 4 is 15.9 Å². The number of hydrogen-bond donors (Lipinski definition) is 0. The van der Waals surface area contributed by atoms with Crippen molar-refractivity contribution < 1.29 is 9.47 Å². The van der Waals surface area contributed by atoms with Gasteiger partial charge < -0.3 is 9.47 Å². The van der Waals surface area contributed by atoms with Crippen LogP contribution >= 0.6 is 15.9 Å². The van der Waals surface area contributed by atoms with E-state index in [1.807, 2.05) is 6.92 Å². The normalized spacial score (nSPS) is 13.8. The summed E-state index contributed by atoms with van der Waals surface area (Å²) >= 11 is 3.51. The number of halogens is 1. The van der Waals surface area contributed by atoms with Crippen molar-refractivity contribution in [3.63, 3.8) is 0 Å². The Balaban J connectivity index is 2.64. The Bertz CT molecular complexity index is 347. The number of fused-ring (bicyclic) bond motifs is 1. The average molecular weight is 243 g/mol. The second-order valence-electron chi connectivity index (χ2n) is 3.12. The SMILES string of the molecule is COc1c(Br)c(C)cc2c1CCO2. The Kier molecular flexibility index (Phi) is 2.20. The lowest BCUT2D eigenvalue weighted by Crippen LogP contribution is -1.92. The molecule has 2 rings (SSSR count). The molecule has 0 aromatic heterocycles. The van der Waals surface area contributed by atoms with E-state index < -0.39 is 0 Å². The minimum Gasteiger partial charge on any atom is -0.495 e. The van der Waals surface area contributed by atoms with Gasteiger partial charge in [0.15, 0.2) is 0 Å². The van der Waals surface area contributed by atoms with Crippen molar-refractivity contribution in [2.75, 3.05) is 13.7 Å². The van der Waals surface area contributed by atoms with Gasteiger partial charge in [0.05, 0.1) is 18.2 Å². The summed E-state index contributed by atoms with van der Waals surface area (Å²) in [5.41, 5.74) is 2.33. The van der Waals surface area contributed by atoms with Gasteiger partial charge in [-0.05, 0) is 34.5 Å². The van der Waals surface area contributed by atoms with Gasteiger partial charge in [0.25, 0.3) is 0 Å². The van der Waals surface area contributed by atoms with Crippen molar-refractivity contribution in [2.45, 2.75) is 13.3 Å². The molecule has 0 spiro atoms. The molecule has 0 N–H and O–H groups in total. The smallest absolute Gasteiger partial charge is 0.140 e. The van der Waals surface area contributed by atoms with E-state index in [0.29, 0.717) is 0 Å². The molecule has 0 aliphatic carbocycles. The molecule has 0 atom stereocenters. The van der Waals surface area contributed by atoms with Crippen molar-refractivity contribution in [3.05, 3.63) is 21.7 Å². The summed E-state index contributed by atoms with van der Waals surface area (Å²) in [6.45, 7) is 2.80. The zero-order chi connectivity index (χ0) is 9.42. The molecule has 13 heavy (non-hydrogen) atoms. The molecule has 0 radical (unpaired) electrons. The van der Waals surface area contributed by atoms with Gasteiger partial charge in [0.2, 0.25) is 0 Å². The fourth-order valence-electron chi connectivity index (χ4n) is 1.61. The van der Waals surface area contributed by atoms with E-state index >= 15 is 0 Å². The highest BCUT2D eigenvalue weighted by molar-refractivity contribution is 9.10. The van der Waals surface area contributed by atoms with Gasteiger partial charge in [-0.25, -0.2) is 0 Å². The molecule has 3 heteroatoms. The van der Waals surface area contributed by atoms with Crippen LogP contribution in [-0.2, 0) is 6.42 Å². The zero-order valence-electron chi connectivity index (χ0n) is 7.69. The van der Waals surface area contributed by atoms with Crippen LogP contribution in [0.4, 0.5) is 0 Å². The van der Waals surface area contributed by atoms with Crippen LogP contribution in [0.3, 0.4) is 0 Å². The summed E-state index contributed by atoms with van der Waals surface area (Å²) in [6.07, 6.45) is 0.942. The van der Waals surface area contributed by atoms with Crippen molar-refractivity contribution in [1.29, 1.82) is 0 Å². The summed E-state index contributed by atoms with van der Waals surface area (Å²) < 4.78 is 11.9. The minimum atomic E-state index is 0.765. The van der Waals surface area contributed by atoms with Gasteiger partial charge >= 0.3 is 0 Å². The van der Waals surface area contributed by atoms with E-state index in [4.69, 9.17) is 9.47 Å². The van der Waals surface area contributed by atoms with E-state index in [1.54, 1.807) is 7.11 Å². The average Bonchev–Trinajstić information content (AvgIpc) is 2.54. The van der Waals surface area contributed by atoms with E-state index in [1.165, 1.54) is 5.56 Å². The Morgan fingerprint density at radius 1 is 1.54 bits per heavy atom. The maximum atomic E-state index is 5.48. The first kappa shape index (κ1) is 8.88. The largest absolute Gasteiger partial charge is 0.495 e. The van der Waals surface area contributed by atoms with Crippen LogP contribution in [0.25, 0.3) is 0 Å². The molecule has 2 nitrogen and oxygen atoms in total. The minimum absolute atomic E-state index is 0.765. The van der Waals surface area contributed by atoms with Gasteiger partial charge in [0, 0.05) is 12.0 Å². The summed E-state index contributed by atoms with van der Waals surface area (Å²) in [6, 6.07) is 2.05. The van der Waals surface area contributed by atoms with Crippen molar-refractivity contribution in [3.8, 4) is 11.5 Å². The lowest BCUT2D eigenvalue weighted by atomic mass is 10.1. The van der Waals surface area contributed by atoms with Crippen LogP contribution in [0.5, 0.6) is 11.5 Å². The predicted octanol–water partition coefficient (Wildman–Crippen LogP) is 2.70. The fraction of sp³-hybridized carbons (Fsp3) is 0.400. The molecule has 1 aromatic rings. The molecule has 1 aromatic carbocycles. The van der Waals surface area contributed by atoms with Crippen LogP contribution in [-0.4, -0.2) is 13.7 Å². The lowest BCUT2D eigenvalue weighted by molar-refractivity contribution is 0.356. The maximum absolute atomic E-state index is 5.48. The number of rotatable bonds is 1. The summed E-state index contributed by atoms with van der Waals surface area (Å²) in [4.78, 5) is 0. The third kappa shape index (κ3) is 1.31. The number of methoxy groups -OCH3 is 1. The first-order valence-corrected chi connectivity index (χ1v) is 5.02. The van der Waals surface area contributed by atoms with Crippen LogP contribution in [0, 0.1) is 6.92 Å². The standard InChI is InChI=1S/C10H11BrO2/c1-6-5-8-7(3-4-13-8)10(12-2)9(6)11/h5H,3-4H2,1-2H3. The van der Waals surface area contributed by atoms with Gasteiger partial charge in [-0.1, -0.05) is 0 Å². The Hall–Kier alpha value is -0.700. The molecule has 1 aliphatic heterocycles. The molecular weight excluding hydrogens is 232 g/mol. The number of hydrogen-bond acceptors (Lipinski definition) is 2. The second-order valence-corrected chi connectivity index (χ2v) is 3.91. The van der Waals surface area contributed by atoms with Gasteiger partial charge in [0.1, 0.15) is 11.5 Å². The predicted molar refractivity (Wildman–Crippen MR) is 54.6 cm³/mol. The number of ether oxygens (including phenoxy) is 2. The highest BCUT2D eigenvalue weighted by Crippen LogP contribution is 2.41.